The highest BCUT2D eigenvalue weighted by molar-refractivity contribution is 5.25. The van der Waals surface area contributed by atoms with Crippen molar-refractivity contribution in [1.29, 1.82) is 0 Å². The van der Waals surface area contributed by atoms with Gasteiger partial charge in [-0.2, -0.15) is 0 Å². The van der Waals surface area contributed by atoms with Crippen molar-refractivity contribution in [3.05, 3.63) is 17.0 Å². The second-order valence-electron chi connectivity index (χ2n) is 3.98. The van der Waals surface area contributed by atoms with E-state index in [1.165, 1.54) is 0 Å². The van der Waals surface area contributed by atoms with Gasteiger partial charge in [-0.3, -0.25) is 0 Å². The van der Waals surface area contributed by atoms with Crippen molar-refractivity contribution in [1.82, 2.24) is 5.16 Å². The van der Waals surface area contributed by atoms with Gasteiger partial charge in [-0.1, -0.05) is 25.9 Å². The van der Waals surface area contributed by atoms with Gasteiger partial charge in [-0.25, -0.2) is 0 Å². The lowest BCUT2D eigenvalue weighted by molar-refractivity contribution is 0.268. The minimum atomic E-state index is -0.0840. The first-order chi connectivity index (χ1) is 5.46. The molecule has 0 aromatic carbocycles. The summed E-state index contributed by atoms with van der Waals surface area (Å²) < 4.78 is 5.14. The van der Waals surface area contributed by atoms with Crippen molar-refractivity contribution in [3.63, 3.8) is 0 Å². The lowest BCUT2D eigenvalue weighted by Crippen LogP contribution is -2.12. The molecule has 0 saturated carbocycles. The van der Waals surface area contributed by atoms with Crippen LogP contribution in [0.15, 0.2) is 4.52 Å². The summed E-state index contributed by atoms with van der Waals surface area (Å²) in [4.78, 5) is 0. The van der Waals surface area contributed by atoms with E-state index in [0.717, 1.165) is 17.0 Å². The van der Waals surface area contributed by atoms with Crippen molar-refractivity contribution >= 4 is 0 Å². The highest BCUT2D eigenvalue weighted by Crippen LogP contribution is 2.27. The molecule has 0 saturated heterocycles. The molecule has 1 rings (SSSR count). The molecule has 68 valence electrons. The molecule has 0 unspecified atom stereocenters. The monoisotopic (exact) mass is 169 g/mol. The number of hydrogen-bond donors (Lipinski definition) is 1. The molecule has 0 aliphatic heterocycles. The highest BCUT2D eigenvalue weighted by Gasteiger charge is 2.24. The quantitative estimate of drug-likeness (QED) is 0.697. The van der Waals surface area contributed by atoms with Crippen LogP contribution in [-0.2, 0) is 12.0 Å². The molecule has 0 amide bonds. The second kappa shape index (κ2) is 2.90. The molecule has 0 aliphatic carbocycles. The molecule has 3 heteroatoms. The van der Waals surface area contributed by atoms with Crippen LogP contribution in [0.4, 0.5) is 0 Å². The summed E-state index contributed by atoms with van der Waals surface area (Å²) in [6.45, 7) is 7.94. The summed E-state index contributed by atoms with van der Waals surface area (Å²) in [6.07, 6.45) is 0. The smallest absolute Gasteiger partial charge is 0.147 e. The van der Waals surface area contributed by atoms with Gasteiger partial charge in [0.25, 0.3) is 0 Å². The number of rotatable bonds is 1. The molecular formula is C9H15NO2. The fraction of sp³-hybridized carbons (Fsp3) is 0.667. The Morgan fingerprint density at radius 1 is 1.42 bits per heavy atom. The Balaban J connectivity index is 3.16. The van der Waals surface area contributed by atoms with Crippen LogP contribution >= 0.6 is 0 Å². The Bertz CT molecular complexity index is 271. The summed E-state index contributed by atoms with van der Waals surface area (Å²) in [7, 11) is 0. The molecule has 12 heavy (non-hydrogen) atoms. The zero-order chi connectivity index (χ0) is 9.35. The predicted molar refractivity (Wildman–Crippen MR) is 45.9 cm³/mol. The zero-order valence-corrected chi connectivity index (χ0v) is 8.01. The Morgan fingerprint density at radius 3 is 2.33 bits per heavy atom. The third-order valence-corrected chi connectivity index (χ3v) is 1.82. The minimum Gasteiger partial charge on any atom is -0.391 e. The normalized spacial score (nSPS) is 12.1. The topological polar surface area (TPSA) is 46.3 Å². The largest absolute Gasteiger partial charge is 0.391 e. The maximum Gasteiger partial charge on any atom is 0.147 e. The fourth-order valence-electron chi connectivity index (χ4n) is 1.16. The van der Waals surface area contributed by atoms with E-state index in [9.17, 15) is 0 Å². The highest BCUT2D eigenvalue weighted by atomic mass is 16.5. The second-order valence-corrected chi connectivity index (χ2v) is 3.98. The van der Waals surface area contributed by atoms with Crippen LogP contribution in [0.1, 0.15) is 37.8 Å². The summed E-state index contributed by atoms with van der Waals surface area (Å²) in [5, 5.41) is 12.9. The maximum atomic E-state index is 9.05. The van der Waals surface area contributed by atoms with E-state index >= 15 is 0 Å². The number of aromatic nitrogens is 1. The molecule has 0 bridgehead atoms. The van der Waals surface area contributed by atoms with Crippen LogP contribution in [0.25, 0.3) is 0 Å². The van der Waals surface area contributed by atoms with E-state index in [1.54, 1.807) is 0 Å². The van der Waals surface area contributed by atoms with Crippen molar-refractivity contribution in [3.8, 4) is 0 Å². The lowest BCUT2D eigenvalue weighted by atomic mass is 9.90. The third kappa shape index (κ3) is 1.50. The van der Waals surface area contributed by atoms with Gasteiger partial charge in [0.15, 0.2) is 0 Å². The standard InChI is InChI=1S/C9H15NO2/c1-6-7(5-11)8(12-10-6)9(2,3)4/h11H,5H2,1-4H3. The molecule has 0 aliphatic rings. The van der Waals surface area contributed by atoms with Crippen LogP contribution in [0.5, 0.6) is 0 Å². The Kier molecular flexibility index (Phi) is 2.24. The molecule has 0 atom stereocenters. The van der Waals surface area contributed by atoms with Crippen molar-refractivity contribution in [2.75, 3.05) is 0 Å². The fourth-order valence-corrected chi connectivity index (χ4v) is 1.16. The summed E-state index contributed by atoms with van der Waals surface area (Å²) in [5.41, 5.74) is 1.52. The van der Waals surface area contributed by atoms with Gasteiger partial charge < -0.3 is 9.63 Å². The minimum absolute atomic E-state index is 0.00192. The summed E-state index contributed by atoms with van der Waals surface area (Å²) >= 11 is 0. The van der Waals surface area contributed by atoms with Crippen LogP contribution < -0.4 is 0 Å². The SMILES string of the molecule is Cc1noc(C(C)(C)C)c1CO. The number of aliphatic hydroxyl groups excluding tert-OH is 1. The van der Waals surface area contributed by atoms with E-state index in [0.29, 0.717) is 0 Å². The first kappa shape index (κ1) is 9.26. The van der Waals surface area contributed by atoms with Gasteiger partial charge in [-0.15, -0.1) is 0 Å². The van der Waals surface area contributed by atoms with Gasteiger partial charge in [0, 0.05) is 11.0 Å². The first-order valence-electron chi connectivity index (χ1n) is 4.03. The lowest BCUT2D eigenvalue weighted by Gasteiger charge is -2.15. The summed E-state index contributed by atoms with van der Waals surface area (Å²) in [5.74, 6) is 0.780. The van der Waals surface area contributed by atoms with Crippen LogP contribution in [0, 0.1) is 6.92 Å². The molecule has 0 spiro atoms. The predicted octanol–water partition coefficient (Wildman–Crippen LogP) is 1.77. The maximum absolute atomic E-state index is 9.05. The molecule has 0 radical (unpaired) electrons. The third-order valence-electron chi connectivity index (χ3n) is 1.82. The van der Waals surface area contributed by atoms with Gasteiger partial charge >= 0.3 is 0 Å². The Morgan fingerprint density at radius 2 is 2.00 bits per heavy atom. The number of aliphatic hydroxyl groups is 1. The molecule has 1 aromatic rings. The van der Waals surface area contributed by atoms with Gasteiger partial charge in [0.2, 0.25) is 0 Å². The molecule has 1 aromatic heterocycles. The molecule has 0 fully saturated rings. The average molecular weight is 169 g/mol. The molecular weight excluding hydrogens is 154 g/mol. The van der Waals surface area contributed by atoms with Crippen LogP contribution in [-0.4, -0.2) is 10.3 Å². The average Bonchev–Trinajstić information content (AvgIpc) is 2.29. The van der Waals surface area contributed by atoms with Gasteiger partial charge in [-0.05, 0) is 6.92 Å². The van der Waals surface area contributed by atoms with Gasteiger partial charge in [0.1, 0.15) is 5.76 Å². The van der Waals surface area contributed by atoms with E-state index in [-0.39, 0.29) is 12.0 Å². The van der Waals surface area contributed by atoms with Crippen molar-refractivity contribution in [2.24, 2.45) is 0 Å². The Hall–Kier alpha value is -0.830. The molecule has 1 heterocycles. The molecule has 3 nitrogen and oxygen atoms in total. The summed E-state index contributed by atoms with van der Waals surface area (Å²) in [6, 6.07) is 0. The van der Waals surface area contributed by atoms with E-state index in [4.69, 9.17) is 9.63 Å². The zero-order valence-electron chi connectivity index (χ0n) is 8.01. The molecule has 1 N–H and O–H groups in total. The van der Waals surface area contributed by atoms with Crippen molar-refractivity contribution < 1.29 is 9.63 Å². The van der Waals surface area contributed by atoms with Gasteiger partial charge in [0.05, 0.1) is 12.3 Å². The number of aryl methyl sites for hydroxylation is 1. The van der Waals surface area contributed by atoms with Crippen molar-refractivity contribution in [2.45, 2.75) is 39.7 Å². The Labute approximate surface area is 72.4 Å². The van der Waals surface area contributed by atoms with E-state index in [2.05, 4.69) is 5.16 Å². The first-order valence-corrected chi connectivity index (χ1v) is 4.03. The number of nitrogens with zero attached hydrogens (tertiary/aromatic N) is 1. The van der Waals surface area contributed by atoms with E-state index in [1.807, 2.05) is 27.7 Å². The van der Waals surface area contributed by atoms with Crippen LogP contribution in [0.3, 0.4) is 0 Å². The number of hydrogen-bond acceptors (Lipinski definition) is 3. The van der Waals surface area contributed by atoms with Crippen LogP contribution in [0.2, 0.25) is 0 Å². The van der Waals surface area contributed by atoms with E-state index < -0.39 is 0 Å².